The Hall–Kier alpha value is -3.70. The molecule has 1 aromatic heterocycles. The topological polar surface area (TPSA) is 106 Å². The van der Waals surface area contributed by atoms with E-state index >= 15 is 0 Å². The van der Waals surface area contributed by atoms with E-state index in [2.05, 4.69) is 15.2 Å². The largest absolute Gasteiger partial charge is 0.486 e. The highest BCUT2D eigenvalue weighted by Gasteiger charge is 2.22. The van der Waals surface area contributed by atoms with Crippen molar-refractivity contribution in [3.63, 3.8) is 0 Å². The van der Waals surface area contributed by atoms with Crippen LogP contribution in [0.1, 0.15) is 49.7 Å². The van der Waals surface area contributed by atoms with E-state index in [4.69, 9.17) is 30.8 Å². The molecule has 41 heavy (non-hydrogen) atoms. The number of nitrogens with one attached hydrogen (secondary N) is 1. The standard InChI is InChI=1S/C29H35ClFN5O5/c1-18(40-20-6-7-22(30)23(31)16-20)21-14-19(27(37)32-8-9-35(5)28(38)41-29(2,3)4)15-24-26(21)34-25(17-33-24)36-10-12-39-13-11-36/h6-7,14-18H,8-13H2,1-5H3,(H,32,37). The summed E-state index contributed by atoms with van der Waals surface area (Å²) in [6.45, 7) is 10.2. The van der Waals surface area contributed by atoms with Crippen LogP contribution < -0.4 is 15.0 Å². The van der Waals surface area contributed by atoms with Gasteiger partial charge in [-0.2, -0.15) is 0 Å². The molecule has 1 N–H and O–H groups in total. The van der Waals surface area contributed by atoms with Crippen LogP contribution in [0.15, 0.2) is 36.5 Å². The number of carbonyl (C=O) groups is 2. The zero-order valence-electron chi connectivity index (χ0n) is 23.9. The number of benzene rings is 2. The first-order valence-electron chi connectivity index (χ1n) is 13.4. The predicted molar refractivity (Wildman–Crippen MR) is 154 cm³/mol. The molecule has 0 bridgehead atoms. The van der Waals surface area contributed by atoms with Gasteiger partial charge in [0.1, 0.15) is 29.1 Å². The lowest BCUT2D eigenvalue weighted by molar-refractivity contribution is 0.0299. The Labute approximate surface area is 243 Å². The second kappa shape index (κ2) is 12.9. The number of likely N-dealkylation sites (N-methyl/N-ethyl adjacent to an activating group) is 1. The molecule has 12 heteroatoms. The van der Waals surface area contributed by atoms with E-state index in [1.807, 2.05) is 0 Å². The van der Waals surface area contributed by atoms with Crippen LogP contribution in [0, 0.1) is 5.82 Å². The van der Waals surface area contributed by atoms with Crippen LogP contribution in [0.25, 0.3) is 11.0 Å². The molecule has 4 rings (SSSR count). The predicted octanol–water partition coefficient (Wildman–Crippen LogP) is 5.00. The average Bonchev–Trinajstić information content (AvgIpc) is 2.93. The van der Waals surface area contributed by atoms with Crippen molar-refractivity contribution in [2.24, 2.45) is 0 Å². The quantitative estimate of drug-likeness (QED) is 0.393. The molecule has 10 nitrogen and oxygen atoms in total. The molecule has 2 aromatic carbocycles. The van der Waals surface area contributed by atoms with Gasteiger partial charge in [0.25, 0.3) is 5.91 Å². The molecular formula is C29H35ClFN5O5. The molecule has 1 fully saturated rings. The summed E-state index contributed by atoms with van der Waals surface area (Å²) < 4.78 is 30.9. The maximum atomic E-state index is 14.1. The Bertz CT molecular complexity index is 1410. The number of fused-ring (bicyclic) bond motifs is 1. The Kier molecular flexibility index (Phi) is 9.49. The minimum Gasteiger partial charge on any atom is -0.486 e. The summed E-state index contributed by atoms with van der Waals surface area (Å²) in [5.74, 6) is 0.0219. The third-order valence-corrected chi connectivity index (χ3v) is 6.65. The zero-order valence-corrected chi connectivity index (χ0v) is 24.6. The van der Waals surface area contributed by atoms with Crippen molar-refractivity contribution in [1.29, 1.82) is 0 Å². The number of halogens is 2. The van der Waals surface area contributed by atoms with Crippen LogP contribution in [0.4, 0.5) is 15.0 Å². The number of ether oxygens (including phenoxy) is 3. The fourth-order valence-corrected chi connectivity index (χ4v) is 4.32. The fourth-order valence-electron chi connectivity index (χ4n) is 4.21. The number of nitrogens with zero attached hydrogens (tertiary/aromatic N) is 4. The van der Waals surface area contributed by atoms with E-state index in [1.54, 1.807) is 59.1 Å². The van der Waals surface area contributed by atoms with Gasteiger partial charge < -0.3 is 29.3 Å². The maximum absolute atomic E-state index is 14.1. The monoisotopic (exact) mass is 587 g/mol. The fraction of sp³-hybridized carbons (Fsp3) is 0.448. The van der Waals surface area contributed by atoms with Crippen molar-refractivity contribution in [3.8, 4) is 5.75 Å². The number of carbonyl (C=O) groups excluding carboxylic acids is 2. The van der Waals surface area contributed by atoms with Gasteiger partial charge >= 0.3 is 6.09 Å². The van der Waals surface area contributed by atoms with E-state index in [0.29, 0.717) is 54.3 Å². The minimum atomic E-state index is -0.616. The van der Waals surface area contributed by atoms with Crippen LogP contribution >= 0.6 is 11.6 Å². The van der Waals surface area contributed by atoms with Crippen molar-refractivity contribution < 1.29 is 28.2 Å². The molecular weight excluding hydrogens is 553 g/mol. The summed E-state index contributed by atoms with van der Waals surface area (Å²) in [4.78, 5) is 38.4. The molecule has 0 radical (unpaired) electrons. The number of hydrogen-bond donors (Lipinski definition) is 1. The van der Waals surface area contributed by atoms with Crippen molar-refractivity contribution in [1.82, 2.24) is 20.2 Å². The first-order chi connectivity index (χ1) is 19.4. The lowest BCUT2D eigenvalue weighted by atomic mass is 10.0. The van der Waals surface area contributed by atoms with Gasteiger partial charge in [0.05, 0.1) is 35.5 Å². The van der Waals surface area contributed by atoms with Crippen LogP contribution in [-0.2, 0) is 9.47 Å². The summed E-state index contributed by atoms with van der Waals surface area (Å²) in [6.07, 6.45) is 0.587. The van der Waals surface area contributed by atoms with E-state index in [1.165, 1.54) is 17.0 Å². The van der Waals surface area contributed by atoms with Gasteiger partial charge in [0, 0.05) is 50.4 Å². The number of rotatable bonds is 8. The zero-order chi connectivity index (χ0) is 29.7. The molecule has 2 heterocycles. The number of amides is 2. The summed E-state index contributed by atoms with van der Waals surface area (Å²) in [5.41, 5.74) is 1.41. The molecule has 0 spiro atoms. The van der Waals surface area contributed by atoms with Crippen LogP contribution in [0.5, 0.6) is 5.75 Å². The van der Waals surface area contributed by atoms with Gasteiger partial charge in [0.15, 0.2) is 0 Å². The molecule has 1 unspecified atom stereocenters. The van der Waals surface area contributed by atoms with Gasteiger partial charge in [0.2, 0.25) is 0 Å². The first kappa shape index (κ1) is 30.3. The van der Waals surface area contributed by atoms with Crippen molar-refractivity contribution in [3.05, 3.63) is 58.5 Å². The van der Waals surface area contributed by atoms with Crippen LogP contribution in [-0.4, -0.2) is 78.9 Å². The highest BCUT2D eigenvalue weighted by molar-refractivity contribution is 6.30. The summed E-state index contributed by atoms with van der Waals surface area (Å²) in [5, 5.41) is 2.83. The first-order valence-corrected chi connectivity index (χ1v) is 13.8. The molecule has 1 aliphatic heterocycles. The van der Waals surface area contributed by atoms with Crippen molar-refractivity contribution in [2.75, 3.05) is 51.3 Å². The average molecular weight is 588 g/mol. The third-order valence-electron chi connectivity index (χ3n) is 6.34. The third kappa shape index (κ3) is 7.95. The van der Waals surface area contributed by atoms with E-state index in [-0.39, 0.29) is 29.8 Å². The van der Waals surface area contributed by atoms with Crippen molar-refractivity contribution >= 4 is 40.5 Å². The van der Waals surface area contributed by atoms with Crippen molar-refractivity contribution in [2.45, 2.75) is 39.4 Å². The highest BCUT2D eigenvalue weighted by Crippen LogP contribution is 2.30. The summed E-state index contributed by atoms with van der Waals surface area (Å²) in [7, 11) is 1.61. The number of hydrogen-bond acceptors (Lipinski definition) is 8. The SMILES string of the molecule is CC(Oc1ccc(Cl)c(F)c1)c1cc(C(=O)NCCN(C)C(=O)OC(C)(C)C)cc2ncc(N3CCOCC3)nc12. The number of morpholine rings is 1. The van der Waals surface area contributed by atoms with Gasteiger partial charge in [-0.25, -0.2) is 14.2 Å². The van der Waals surface area contributed by atoms with Gasteiger partial charge in [-0.15, -0.1) is 0 Å². The normalized spacial score (nSPS) is 14.5. The lowest BCUT2D eigenvalue weighted by Gasteiger charge is -2.28. The Morgan fingerprint density at radius 3 is 2.63 bits per heavy atom. The molecule has 0 saturated carbocycles. The Morgan fingerprint density at radius 1 is 1.22 bits per heavy atom. The van der Waals surface area contributed by atoms with Crippen LogP contribution in [0.2, 0.25) is 5.02 Å². The smallest absolute Gasteiger partial charge is 0.410 e. The number of anilines is 1. The van der Waals surface area contributed by atoms with E-state index in [9.17, 15) is 14.0 Å². The summed E-state index contributed by atoms with van der Waals surface area (Å²) in [6, 6.07) is 7.57. The van der Waals surface area contributed by atoms with Gasteiger partial charge in [-0.05, 0) is 52.0 Å². The molecule has 1 atom stereocenters. The molecule has 1 aliphatic rings. The van der Waals surface area contributed by atoms with Gasteiger partial charge in [-0.3, -0.25) is 9.78 Å². The Morgan fingerprint density at radius 2 is 1.95 bits per heavy atom. The maximum Gasteiger partial charge on any atom is 0.410 e. The van der Waals surface area contributed by atoms with E-state index < -0.39 is 23.6 Å². The number of aromatic nitrogens is 2. The van der Waals surface area contributed by atoms with E-state index in [0.717, 1.165) is 0 Å². The second-order valence-electron chi connectivity index (χ2n) is 10.8. The minimum absolute atomic E-state index is 0.00699. The second-order valence-corrected chi connectivity index (χ2v) is 11.2. The summed E-state index contributed by atoms with van der Waals surface area (Å²) >= 11 is 5.83. The Balaban J connectivity index is 1.58. The molecule has 3 aromatic rings. The molecule has 2 amide bonds. The highest BCUT2D eigenvalue weighted by atomic mass is 35.5. The molecule has 220 valence electrons. The van der Waals surface area contributed by atoms with Gasteiger partial charge in [-0.1, -0.05) is 11.6 Å². The molecule has 1 saturated heterocycles. The van der Waals surface area contributed by atoms with Crippen LogP contribution in [0.3, 0.4) is 0 Å². The molecule has 0 aliphatic carbocycles. The lowest BCUT2D eigenvalue weighted by Crippen LogP contribution is -2.39.